The molecule has 0 saturated heterocycles. The van der Waals surface area contributed by atoms with Gasteiger partial charge in [-0.15, -0.1) is 0 Å². The van der Waals surface area contributed by atoms with Crippen molar-refractivity contribution >= 4 is 34.9 Å². The minimum Gasteiger partial charge on any atom is -0.444 e. The molecule has 0 rings (SSSR count). The van der Waals surface area contributed by atoms with Crippen LogP contribution in [0.25, 0.3) is 4.13 Å². The van der Waals surface area contributed by atoms with Crippen LogP contribution in [0.1, 0.15) is 6.42 Å². The molecule has 0 aromatic heterocycles. The molecule has 0 aliphatic heterocycles. The first kappa shape index (κ1) is 35.9. The molecule has 35 heavy (non-hydrogen) atoms. The Hall–Kier alpha value is -1.23. The molecule has 0 aliphatic rings. The van der Waals surface area contributed by atoms with Gasteiger partial charge in [0.05, 0.1) is 21.1 Å². The fourth-order valence-electron chi connectivity index (χ4n) is 1.73. The first-order valence-electron chi connectivity index (χ1n) is 9.22. The van der Waals surface area contributed by atoms with Gasteiger partial charge >= 0.3 is 25.9 Å². The summed E-state index contributed by atoms with van der Waals surface area (Å²) in [7, 11) is -5.11. The predicted octanol–water partition coefficient (Wildman–Crippen LogP) is 1.75. The van der Waals surface area contributed by atoms with E-state index < -0.39 is 46.0 Å². The van der Waals surface area contributed by atoms with Crippen LogP contribution in [0.4, 0.5) is 31.1 Å². The first-order chi connectivity index (χ1) is 15.5. The number of quaternary nitrogens is 1. The molecule has 0 heterocycles. The summed E-state index contributed by atoms with van der Waals surface area (Å²) in [5, 5.41) is 2.70. The van der Waals surface area contributed by atoms with E-state index in [1.165, 1.54) is 0 Å². The number of carbonyl (C=O) groups is 1. The molecule has 0 aromatic carbocycles. The molecule has 21 heteroatoms. The van der Waals surface area contributed by atoms with Crippen LogP contribution in [-0.4, -0.2) is 109 Å². The summed E-state index contributed by atoms with van der Waals surface area (Å²) in [4.78, 5) is 11.4. The normalized spacial score (nSPS) is 13.6. The minimum atomic E-state index is -6.72. The van der Waals surface area contributed by atoms with Crippen LogP contribution < -0.4 is 5.32 Å². The van der Waals surface area contributed by atoms with Gasteiger partial charge in [0.1, 0.15) is 13.2 Å². The molecule has 0 bridgehead atoms. The molecule has 0 spiro atoms. The van der Waals surface area contributed by atoms with Crippen LogP contribution in [0, 0.1) is 0 Å². The number of alkyl carbamates (subject to hydrolysis) is 1. The molecule has 0 saturated carbocycles. The van der Waals surface area contributed by atoms with Crippen molar-refractivity contribution in [1.29, 1.82) is 0 Å². The van der Waals surface area contributed by atoms with Gasteiger partial charge in [-0.2, -0.15) is 26.3 Å². The molecule has 0 aromatic rings. The fraction of sp³-hybridized carbons (Fsp3) is 0.929. The Morgan fingerprint density at radius 2 is 1.29 bits per heavy atom. The average Bonchev–Trinajstić information content (AvgIpc) is 2.66. The monoisotopic (exact) mass is 589 g/mol. The zero-order valence-corrected chi connectivity index (χ0v) is 22.3. The van der Waals surface area contributed by atoms with Crippen molar-refractivity contribution in [2.24, 2.45) is 0 Å². The maximum absolute atomic E-state index is 11.4. The second-order valence-corrected chi connectivity index (χ2v) is 13.9. The Balaban J connectivity index is 0. The highest BCUT2D eigenvalue weighted by Crippen LogP contribution is 2.36. The second kappa shape index (κ2) is 13.9. The van der Waals surface area contributed by atoms with Crippen molar-refractivity contribution in [3.63, 3.8) is 0 Å². The number of likely N-dealkylation sites (N-methyl/N-ethyl adjacent to an activating group) is 1. The summed E-state index contributed by atoms with van der Waals surface area (Å²) >= 11 is 0. The van der Waals surface area contributed by atoms with Crippen molar-refractivity contribution in [2.75, 3.05) is 62.2 Å². The van der Waals surface area contributed by atoms with Gasteiger partial charge in [0, 0.05) is 33.9 Å². The lowest BCUT2D eigenvalue weighted by Gasteiger charge is -2.24. The Kier molecular flexibility index (Phi) is 14.3. The summed E-state index contributed by atoms with van der Waals surface area (Å²) in [6.45, 7) is 1.69. The average molecular weight is 590 g/mol. The van der Waals surface area contributed by atoms with E-state index in [0.717, 1.165) is 15.2 Å². The maximum atomic E-state index is 11.4. The van der Waals surface area contributed by atoms with Crippen LogP contribution >= 0.6 is 0 Å². The number of hydrogen-bond acceptors (Lipinski definition) is 9. The zero-order valence-electron chi connectivity index (χ0n) is 19.7. The van der Waals surface area contributed by atoms with Gasteiger partial charge in [-0.25, -0.2) is 21.6 Å². The molecule has 0 unspecified atom stereocenters. The van der Waals surface area contributed by atoms with Crippen molar-refractivity contribution < 1.29 is 70.5 Å². The third kappa shape index (κ3) is 14.2. The highest BCUT2D eigenvalue weighted by atomic mass is 32.3. The number of ether oxygens (including phenoxy) is 1. The Morgan fingerprint density at radius 1 is 0.886 bits per heavy atom. The highest BCUT2D eigenvalue weighted by molar-refractivity contribution is 8.13. The molecule has 212 valence electrons. The van der Waals surface area contributed by atoms with Crippen LogP contribution in [-0.2, 0) is 38.1 Å². The lowest BCUT2D eigenvalue weighted by molar-refractivity contribution is -0.870. The van der Waals surface area contributed by atoms with Crippen LogP contribution in [0.2, 0.25) is 6.04 Å². The predicted molar refractivity (Wildman–Crippen MR) is 112 cm³/mol. The standard InChI is InChI=1S/C12H28N2O5Si.C2F6NO4S2/c1-14(2,3)9-10-19-12(15)13-8-7-11-20(16-4,17-5)18-6;3-1(4,5)14(10,11)9-15(12,13)2(6,7)8/h7-11H2,1-6H3;/q;-1/p+1. The van der Waals surface area contributed by atoms with Crippen molar-refractivity contribution in [1.82, 2.24) is 5.32 Å². The van der Waals surface area contributed by atoms with E-state index in [4.69, 9.17) is 18.0 Å². The van der Waals surface area contributed by atoms with Crippen molar-refractivity contribution in [3.05, 3.63) is 4.13 Å². The van der Waals surface area contributed by atoms with E-state index in [9.17, 15) is 48.0 Å². The first-order valence-corrected chi connectivity index (χ1v) is 14.0. The molecule has 0 atom stereocenters. The van der Waals surface area contributed by atoms with Crippen LogP contribution in [0.3, 0.4) is 0 Å². The van der Waals surface area contributed by atoms with Crippen molar-refractivity contribution in [3.8, 4) is 0 Å². The molecule has 1 N–H and O–H groups in total. The number of rotatable bonds is 12. The number of nitrogens with one attached hydrogen (secondary N) is 1. The van der Waals surface area contributed by atoms with Crippen LogP contribution in [0.5, 0.6) is 0 Å². The summed E-state index contributed by atoms with van der Waals surface area (Å²) in [5.74, 6) is 0. The van der Waals surface area contributed by atoms with E-state index in [0.29, 0.717) is 25.6 Å². The zero-order chi connectivity index (χ0) is 28.4. The summed E-state index contributed by atoms with van der Waals surface area (Å²) in [5.41, 5.74) is -12.4. The number of alkyl halides is 6. The van der Waals surface area contributed by atoms with E-state index in [2.05, 4.69) is 5.32 Å². The number of sulfonamides is 2. The smallest absolute Gasteiger partial charge is 0.444 e. The van der Waals surface area contributed by atoms with Gasteiger partial charge in [0.25, 0.3) is 0 Å². The largest absolute Gasteiger partial charge is 0.500 e. The van der Waals surface area contributed by atoms with Crippen molar-refractivity contribution in [2.45, 2.75) is 23.5 Å². The second-order valence-electron chi connectivity index (χ2n) is 7.39. The third-order valence-corrected chi connectivity index (χ3v) is 9.21. The molecule has 0 radical (unpaired) electrons. The topological polar surface area (TPSA) is 148 Å². The van der Waals surface area contributed by atoms with E-state index in [1.807, 2.05) is 21.1 Å². The van der Waals surface area contributed by atoms with Gasteiger partial charge in [0.15, 0.2) is 20.0 Å². The Labute approximate surface area is 200 Å². The SMILES string of the molecule is CO[Si](CCCNC(=O)OCC[N+](C)(C)C)(OC)OC.O=S(=O)([N-]S(=O)(=O)C(F)(F)F)C(F)(F)F. The lowest BCUT2D eigenvalue weighted by Crippen LogP contribution is -2.43. The van der Waals surface area contributed by atoms with Gasteiger partial charge in [-0.1, -0.05) is 0 Å². The number of carbonyl (C=O) groups excluding carboxylic acids is 1. The highest BCUT2D eigenvalue weighted by Gasteiger charge is 2.47. The summed E-state index contributed by atoms with van der Waals surface area (Å²) < 4.78 is 131. The maximum Gasteiger partial charge on any atom is 0.500 e. The molecule has 1 amide bonds. The van der Waals surface area contributed by atoms with Crippen LogP contribution in [0.15, 0.2) is 0 Å². The van der Waals surface area contributed by atoms with Gasteiger partial charge in [-0.05, 0) is 6.42 Å². The fourth-order valence-corrected chi connectivity index (χ4v) is 5.16. The summed E-state index contributed by atoms with van der Waals surface area (Å²) in [6.07, 6.45) is 0.324. The Bertz CT molecular complexity index is 808. The Morgan fingerprint density at radius 3 is 1.60 bits per heavy atom. The minimum absolute atomic E-state index is 0.391. The number of amides is 1. The number of hydrogen-bond donors (Lipinski definition) is 1. The molecule has 0 aliphatic carbocycles. The quantitative estimate of drug-likeness (QED) is 0.156. The van der Waals surface area contributed by atoms with E-state index >= 15 is 0 Å². The number of halogens is 6. The van der Waals surface area contributed by atoms with Gasteiger partial charge in [-0.3, -0.25) is 0 Å². The third-order valence-electron chi connectivity index (χ3n) is 3.64. The van der Waals surface area contributed by atoms with Gasteiger partial charge in [0.2, 0.25) is 0 Å². The number of nitrogens with zero attached hydrogens (tertiary/aromatic N) is 2. The molecule has 0 fully saturated rings. The van der Waals surface area contributed by atoms with Gasteiger partial charge < -0.3 is 31.9 Å². The molecule has 12 nitrogen and oxygen atoms in total. The molecular weight excluding hydrogens is 560 g/mol. The summed E-state index contributed by atoms with van der Waals surface area (Å²) in [6, 6.07) is 0.648. The van der Waals surface area contributed by atoms with E-state index in [1.54, 1.807) is 21.3 Å². The molecular formula is C14H29F6N3O9S2Si. The lowest BCUT2D eigenvalue weighted by atomic mass is 10.5. The van der Waals surface area contributed by atoms with E-state index in [-0.39, 0.29) is 0 Å².